The van der Waals surface area contributed by atoms with Crippen molar-refractivity contribution in [3.8, 4) is 16.8 Å². The Bertz CT molecular complexity index is 2530. The van der Waals surface area contributed by atoms with Crippen LogP contribution in [0.2, 0.25) is 0 Å². The zero-order chi connectivity index (χ0) is 34.9. The van der Waals surface area contributed by atoms with Gasteiger partial charge in [-0.3, -0.25) is 0 Å². The SMILES string of the molecule is CC(C)c1cc(Nc2ccc(C(C)(C)C)cc2)cc(-c2cc3c4ccccc4n(-c4ccccc4)c3c3c2[nH]c2ccc(C(C)(C)C)cc23)c1. The summed E-state index contributed by atoms with van der Waals surface area (Å²) >= 11 is 0. The molecule has 50 heavy (non-hydrogen) atoms. The van der Waals surface area contributed by atoms with Crippen molar-refractivity contribution in [1.29, 1.82) is 0 Å². The van der Waals surface area contributed by atoms with Gasteiger partial charge in [-0.25, -0.2) is 0 Å². The first-order valence-corrected chi connectivity index (χ1v) is 18.0. The molecule has 6 aromatic carbocycles. The van der Waals surface area contributed by atoms with Crippen molar-refractivity contribution in [2.24, 2.45) is 0 Å². The second-order valence-electron chi connectivity index (χ2n) is 16.3. The fourth-order valence-electron chi connectivity index (χ4n) is 7.49. The lowest BCUT2D eigenvalue weighted by atomic mass is 9.86. The van der Waals surface area contributed by atoms with Gasteiger partial charge in [-0.1, -0.05) is 116 Å². The number of H-pyrrole nitrogens is 1. The molecule has 0 unspecified atom stereocenters. The molecule has 0 aliphatic carbocycles. The van der Waals surface area contributed by atoms with Gasteiger partial charge in [0.1, 0.15) is 0 Å². The first-order chi connectivity index (χ1) is 23.9. The predicted molar refractivity (Wildman–Crippen MR) is 217 cm³/mol. The molecule has 0 saturated carbocycles. The number of anilines is 2. The number of nitrogens with one attached hydrogen (secondary N) is 2. The van der Waals surface area contributed by atoms with E-state index in [1.807, 2.05) is 0 Å². The molecule has 0 fully saturated rings. The highest BCUT2D eigenvalue weighted by Crippen LogP contribution is 2.45. The van der Waals surface area contributed by atoms with Crippen molar-refractivity contribution >= 4 is 55.0 Å². The quantitative estimate of drug-likeness (QED) is 0.190. The van der Waals surface area contributed by atoms with Gasteiger partial charge in [-0.2, -0.15) is 0 Å². The summed E-state index contributed by atoms with van der Waals surface area (Å²) < 4.78 is 2.46. The maximum Gasteiger partial charge on any atom is 0.0641 e. The Morgan fingerprint density at radius 2 is 1.28 bits per heavy atom. The van der Waals surface area contributed by atoms with E-state index in [9.17, 15) is 0 Å². The number of hydrogen-bond donors (Lipinski definition) is 2. The van der Waals surface area contributed by atoms with Gasteiger partial charge in [0.2, 0.25) is 0 Å². The molecule has 0 aliphatic heterocycles. The number of para-hydroxylation sites is 2. The molecule has 250 valence electrons. The van der Waals surface area contributed by atoms with Crippen LogP contribution in [-0.4, -0.2) is 9.55 Å². The monoisotopic (exact) mass is 653 g/mol. The number of rotatable bonds is 5. The average Bonchev–Trinajstić information content (AvgIpc) is 3.63. The smallest absolute Gasteiger partial charge is 0.0641 e. The maximum absolute atomic E-state index is 3.94. The molecule has 2 aromatic heterocycles. The minimum Gasteiger partial charge on any atom is -0.356 e. The van der Waals surface area contributed by atoms with Crippen LogP contribution in [0.25, 0.3) is 60.4 Å². The lowest BCUT2D eigenvalue weighted by Crippen LogP contribution is -2.10. The molecule has 3 nitrogen and oxygen atoms in total. The van der Waals surface area contributed by atoms with Crippen LogP contribution >= 0.6 is 0 Å². The lowest BCUT2D eigenvalue weighted by molar-refractivity contribution is 0.590. The van der Waals surface area contributed by atoms with E-state index in [0.29, 0.717) is 5.92 Å². The fourth-order valence-corrected chi connectivity index (χ4v) is 7.49. The summed E-state index contributed by atoms with van der Waals surface area (Å²) in [6.07, 6.45) is 0. The summed E-state index contributed by atoms with van der Waals surface area (Å²) in [6.45, 7) is 18.2. The predicted octanol–water partition coefficient (Wildman–Crippen LogP) is 13.5. The molecule has 8 aromatic rings. The molecular weight excluding hydrogens is 607 g/mol. The molecule has 0 amide bonds. The van der Waals surface area contributed by atoms with E-state index in [1.54, 1.807) is 0 Å². The number of nitrogens with zero attached hydrogens (tertiary/aromatic N) is 1. The normalized spacial score (nSPS) is 12.6. The summed E-state index contributed by atoms with van der Waals surface area (Å²) in [7, 11) is 0. The zero-order valence-electron chi connectivity index (χ0n) is 30.6. The van der Waals surface area contributed by atoms with Crippen molar-refractivity contribution in [2.45, 2.75) is 72.1 Å². The van der Waals surface area contributed by atoms with Gasteiger partial charge in [-0.05, 0) is 99.7 Å². The minimum atomic E-state index is 0.0257. The summed E-state index contributed by atoms with van der Waals surface area (Å²) in [5, 5.41) is 8.81. The summed E-state index contributed by atoms with van der Waals surface area (Å²) in [4.78, 5) is 3.94. The van der Waals surface area contributed by atoms with Gasteiger partial charge in [0.15, 0.2) is 0 Å². The Hall–Kier alpha value is -5.28. The van der Waals surface area contributed by atoms with Crippen LogP contribution in [0, 0.1) is 0 Å². The third-order valence-electron chi connectivity index (χ3n) is 10.4. The Morgan fingerprint density at radius 3 is 1.98 bits per heavy atom. The van der Waals surface area contributed by atoms with E-state index in [2.05, 4.69) is 192 Å². The molecular formula is C47H47N3. The van der Waals surface area contributed by atoms with Gasteiger partial charge in [0.05, 0.1) is 16.6 Å². The zero-order valence-corrected chi connectivity index (χ0v) is 30.6. The van der Waals surface area contributed by atoms with Crippen LogP contribution in [0.1, 0.15) is 78.0 Å². The first kappa shape index (κ1) is 32.0. The third kappa shape index (κ3) is 5.46. The number of aromatic amines is 1. The van der Waals surface area contributed by atoms with Crippen LogP contribution in [0.3, 0.4) is 0 Å². The molecule has 0 saturated heterocycles. The van der Waals surface area contributed by atoms with Crippen molar-refractivity contribution in [3.63, 3.8) is 0 Å². The van der Waals surface area contributed by atoms with Crippen molar-refractivity contribution in [2.75, 3.05) is 5.32 Å². The number of aromatic nitrogens is 2. The van der Waals surface area contributed by atoms with Crippen molar-refractivity contribution in [1.82, 2.24) is 9.55 Å². The molecule has 8 rings (SSSR count). The molecule has 2 N–H and O–H groups in total. The topological polar surface area (TPSA) is 32.8 Å². The second kappa shape index (κ2) is 11.7. The number of fused-ring (bicyclic) bond motifs is 7. The highest BCUT2D eigenvalue weighted by molar-refractivity contribution is 6.28. The average molecular weight is 654 g/mol. The summed E-state index contributed by atoms with van der Waals surface area (Å²) in [6, 6.07) is 45.0. The molecule has 0 radical (unpaired) electrons. The summed E-state index contributed by atoms with van der Waals surface area (Å²) in [5.41, 5.74) is 14.7. The van der Waals surface area contributed by atoms with E-state index in [4.69, 9.17) is 0 Å². The standard InChI is InChI=1S/C47H47N3/c1-29(2)30-24-31(26-35(25-30)48-34-21-18-32(19-22-34)46(3,4)5)38-28-39-37-16-12-13-17-42(37)50(36-14-10-9-11-15-36)45(39)43-40-27-33(47(6,7)8)20-23-41(40)49-44(38)43/h9-29,48-49H,1-8H3. The van der Waals surface area contributed by atoms with Crippen molar-refractivity contribution < 1.29 is 0 Å². The molecule has 0 atom stereocenters. The van der Waals surface area contributed by atoms with E-state index >= 15 is 0 Å². The Labute approximate surface area is 296 Å². The molecule has 3 heteroatoms. The van der Waals surface area contributed by atoms with Crippen LogP contribution in [-0.2, 0) is 10.8 Å². The van der Waals surface area contributed by atoms with E-state index < -0.39 is 0 Å². The van der Waals surface area contributed by atoms with Crippen molar-refractivity contribution in [3.05, 3.63) is 138 Å². The van der Waals surface area contributed by atoms with E-state index in [0.717, 1.165) is 16.9 Å². The maximum atomic E-state index is 3.94. The largest absolute Gasteiger partial charge is 0.356 e. The highest BCUT2D eigenvalue weighted by Gasteiger charge is 2.23. The van der Waals surface area contributed by atoms with Gasteiger partial charge >= 0.3 is 0 Å². The fraction of sp³-hybridized carbons (Fsp3) is 0.234. The molecule has 2 heterocycles. The summed E-state index contributed by atoms with van der Waals surface area (Å²) in [5.74, 6) is 0.370. The second-order valence-corrected chi connectivity index (χ2v) is 16.3. The third-order valence-corrected chi connectivity index (χ3v) is 10.4. The minimum absolute atomic E-state index is 0.0257. The van der Waals surface area contributed by atoms with Gasteiger partial charge in [0.25, 0.3) is 0 Å². The van der Waals surface area contributed by atoms with Crippen LogP contribution in [0.4, 0.5) is 11.4 Å². The molecule has 0 spiro atoms. The van der Waals surface area contributed by atoms with Crippen LogP contribution in [0.15, 0.2) is 121 Å². The Morgan fingerprint density at radius 1 is 0.600 bits per heavy atom. The first-order valence-electron chi connectivity index (χ1n) is 18.0. The van der Waals surface area contributed by atoms with E-state index in [1.165, 1.54) is 71.6 Å². The Balaban J connectivity index is 1.44. The lowest BCUT2D eigenvalue weighted by Gasteiger charge is -2.20. The molecule has 0 aliphatic rings. The number of benzene rings is 6. The highest BCUT2D eigenvalue weighted by atomic mass is 15.0. The van der Waals surface area contributed by atoms with E-state index in [-0.39, 0.29) is 10.8 Å². The van der Waals surface area contributed by atoms with Gasteiger partial charge in [-0.15, -0.1) is 0 Å². The van der Waals surface area contributed by atoms with Crippen LogP contribution < -0.4 is 5.32 Å². The van der Waals surface area contributed by atoms with Crippen LogP contribution in [0.5, 0.6) is 0 Å². The van der Waals surface area contributed by atoms with Gasteiger partial charge in [0, 0.05) is 49.7 Å². The number of hydrogen-bond acceptors (Lipinski definition) is 1. The van der Waals surface area contributed by atoms with Gasteiger partial charge < -0.3 is 14.9 Å². The molecule has 0 bridgehead atoms. The Kier molecular flexibility index (Phi) is 7.45.